The van der Waals surface area contributed by atoms with Gasteiger partial charge in [0, 0.05) is 42.7 Å². The summed E-state index contributed by atoms with van der Waals surface area (Å²) in [5.41, 5.74) is 0.918. The summed E-state index contributed by atoms with van der Waals surface area (Å²) in [7, 11) is 4.08. The van der Waals surface area contributed by atoms with E-state index >= 15 is 0 Å². The molecule has 3 rings (SSSR count). The quantitative estimate of drug-likeness (QED) is 0.836. The molecule has 19 heavy (non-hydrogen) atoms. The van der Waals surface area contributed by atoms with E-state index in [1.807, 2.05) is 19.4 Å². The molecule has 1 saturated heterocycles. The lowest BCUT2D eigenvalue weighted by Gasteiger charge is -2.54. The molecular weight excluding hydrogens is 304 g/mol. The van der Waals surface area contributed by atoms with Crippen LogP contribution in [0.5, 0.6) is 0 Å². The monoisotopic (exact) mass is 324 g/mol. The van der Waals surface area contributed by atoms with Crippen molar-refractivity contribution in [3.05, 3.63) is 28.5 Å². The molecule has 1 aliphatic heterocycles. The van der Waals surface area contributed by atoms with Crippen molar-refractivity contribution < 1.29 is 4.74 Å². The molecule has 1 aliphatic carbocycles. The van der Waals surface area contributed by atoms with Gasteiger partial charge in [-0.25, -0.2) is 0 Å². The smallest absolute Gasteiger partial charge is 0.118 e. The van der Waals surface area contributed by atoms with E-state index in [-0.39, 0.29) is 5.60 Å². The van der Waals surface area contributed by atoms with Crippen LogP contribution >= 0.6 is 15.9 Å². The molecule has 2 heterocycles. The van der Waals surface area contributed by atoms with E-state index in [1.54, 1.807) is 0 Å². The zero-order chi connectivity index (χ0) is 13.5. The molecule has 4 heteroatoms. The molecule has 104 valence electrons. The summed E-state index contributed by atoms with van der Waals surface area (Å²) in [5, 5.41) is 0. The van der Waals surface area contributed by atoms with Crippen LogP contribution in [0.25, 0.3) is 0 Å². The Hall–Kier alpha value is -0.450. The molecule has 1 aromatic heterocycles. The van der Waals surface area contributed by atoms with Gasteiger partial charge in [0.2, 0.25) is 0 Å². The van der Waals surface area contributed by atoms with Gasteiger partial charge in [-0.3, -0.25) is 4.98 Å². The molecule has 1 saturated carbocycles. The lowest BCUT2D eigenvalue weighted by molar-refractivity contribution is -0.168. The van der Waals surface area contributed by atoms with Crippen LogP contribution in [0.4, 0.5) is 0 Å². The van der Waals surface area contributed by atoms with Gasteiger partial charge in [-0.1, -0.05) is 22.4 Å². The first-order chi connectivity index (χ1) is 9.16. The average Bonchev–Trinajstić information content (AvgIpc) is 2.38. The maximum Gasteiger partial charge on any atom is 0.118 e. The Morgan fingerprint density at radius 3 is 2.63 bits per heavy atom. The Bertz CT molecular complexity index is 451. The average molecular weight is 325 g/mol. The Morgan fingerprint density at radius 2 is 2.05 bits per heavy atom. The molecular formula is C15H21BrN2O. The third-order valence-electron chi connectivity index (χ3n) is 4.84. The van der Waals surface area contributed by atoms with Crippen molar-refractivity contribution in [2.45, 2.75) is 24.9 Å². The van der Waals surface area contributed by atoms with Crippen molar-refractivity contribution in [2.75, 3.05) is 27.2 Å². The second-order valence-electron chi connectivity index (χ2n) is 5.90. The third-order valence-corrected chi connectivity index (χ3v) is 5.34. The van der Waals surface area contributed by atoms with E-state index in [4.69, 9.17) is 4.74 Å². The lowest BCUT2D eigenvalue weighted by Crippen LogP contribution is -2.58. The minimum Gasteiger partial charge on any atom is -0.371 e. The third kappa shape index (κ3) is 2.14. The summed E-state index contributed by atoms with van der Waals surface area (Å²) in [6.45, 7) is 2.22. The molecule has 3 atom stereocenters. The molecule has 2 aliphatic rings. The second kappa shape index (κ2) is 5.15. The maximum absolute atomic E-state index is 6.13. The zero-order valence-electron chi connectivity index (χ0n) is 11.6. The highest BCUT2D eigenvalue weighted by Crippen LogP contribution is 2.50. The number of nitrogens with zero attached hydrogens (tertiary/aromatic N) is 2. The van der Waals surface area contributed by atoms with Crippen molar-refractivity contribution in [1.29, 1.82) is 0 Å². The van der Waals surface area contributed by atoms with E-state index in [1.165, 1.54) is 19.3 Å². The molecule has 0 radical (unpaired) electrons. The van der Waals surface area contributed by atoms with Crippen LogP contribution < -0.4 is 0 Å². The van der Waals surface area contributed by atoms with Gasteiger partial charge in [0.15, 0.2) is 0 Å². The van der Waals surface area contributed by atoms with Gasteiger partial charge < -0.3 is 9.64 Å². The van der Waals surface area contributed by atoms with E-state index in [0.717, 1.165) is 23.3 Å². The van der Waals surface area contributed by atoms with Gasteiger partial charge in [0.05, 0.1) is 5.69 Å². The SMILES string of the molecule is COC1(c2cc(Br)ccn2)[C@@H]2CCC[C@H]1CN(C)C2. The Balaban J connectivity index is 2.07. The highest BCUT2D eigenvalue weighted by molar-refractivity contribution is 9.10. The van der Waals surface area contributed by atoms with Crippen LogP contribution in [-0.2, 0) is 10.3 Å². The minimum atomic E-state index is -0.186. The fourth-order valence-corrected chi connectivity index (χ4v) is 4.46. The van der Waals surface area contributed by atoms with Gasteiger partial charge in [0.25, 0.3) is 0 Å². The largest absolute Gasteiger partial charge is 0.371 e. The van der Waals surface area contributed by atoms with Crippen LogP contribution in [0.3, 0.4) is 0 Å². The number of likely N-dealkylation sites (tertiary alicyclic amines) is 1. The van der Waals surface area contributed by atoms with Gasteiger partial charge >= 0.3 is 0 Å². The first-order valence-electron chi connectivity index (χ1n) is 7.02. The van der Waals surface area contributed by atoms with Crippen LogP contribution in [-0.4, -0.2) is 37.1 Å². The predicted molar refractivity (Wildman–Crippen MR) is 79.0 cm³/mol. The number of pyridine rings is 1. The number of hydrogen-bond donors (Lipinski definition) is 0. The summed E-state index contributed by atoms with van der Waals surface area (Å²) in [5.74, 6) is 1.11. The number of halogens is 1. The Morgan fingerprint density at radius 1 is 1.37 bits per heavy atom. The van der Waals surface area contributed by atoms with Gasteiger partial charge in [-0.05, 0) is 32.0 Å². The summed E-state index contributed by atoms with van der Waals surface area (Å²) in [4.78, 5) is 7.09. The lowest BCUT2D eigenvalue weighted by atomic mass is 9.64. The molecule has 0 aromatic carbocycles. The van der Waals surface area contributed by atoms with Crippen molar-refractivity contribution in [3.8, 4) is 0 Å². The van der Waals surface area contributed by atoms with Crippen LogP contribution in [0.15, 0.2) is 22.8 Å². The van der Waals surface area contributed by atoms with E-state index < -0.39 is 0 Å². The topological polar surface area (TPSA) is 25.4 Å². The highest BCUT2D eigenvalue weighted by atomic mass is 79.9. The standard InChI is InChI=1S/C15H21BrN2O/c1-18-9-11-4-3-5-12(10-18)15(11,19-2)14-8-13(16)6-7-17-14/h6-8,11-12H,3-5,9-10H2,1-2H3/t11-,12+,15?. The Labute approximate surface area is 123 Å². The first-order valence-corrected chi connectivity index (χ1v) is 7.82. The van der Waals surface area contributed by atoms with E-state index in [9.17, 15) is 0 Å². The van der Waals surface area contributed by atoms with Crippen molar-refractivity contribution in [2.24, 2.45) is 11.8 Å². The fourth-order valence-electron chi connectivity index (χ4n) is 4.13. The normalized spacial score (nSPS) is 35.3. The van der Waals surface area contributed by atoms with Crippen LogP contribution in [0.1, 0.15) is 25.0 Å². The Kier molecular flexibility index (Phi) is 3.67. The van der Waals surface area contributed by atoms with Gasteiger partial charge in [0.1, 0.15) is 5.60 Å². The number of hydrogen-bond acceptors (Lipinski definition) is 3. The first kappa shape index (κ1) is 13.5. The van der Waals surface area contributed by atoms with Crippen molar-refractivity contribution in [1.82, 2.24) is 9.88 Å². The van der Waals surface area contributed by atoms with E-state index in [2.05, 4.69) is 38.9 Å². The summed E-state index contributed by atoms with van der Waals surface area (Å²) in [6, 6.07) is 4.12. The summed E-state index contributed by atoms with van der Waals surface area (Å²) in [6.07, 6.45) is 5.68. The molecule has 0 amide bonds. The molecule has 2 bridgehead atoms. The molecule has 0 N–H and O–H groups in total. The molecule has 3 nitrogen and oxygen atoms in total. The maximum atomic E-state index is 6.13. The number of piperidine rings is 1. The van der Waals surface area contributed by atoms with Gasteiger partial charge in [-0.2, -0.15) is 0 Å². The van der Waals surface area contributed by atoms with Crippen LogP contribution in [0, 0.1) is 11.8 Å². The number of fused-ring (bicyclic) bond motifs is 2. The van der Waals surface area contributed by atoms with Gasteiger partial charge in [-0.15, -0.1) is 0 Å². The molecule has 0 spiro atoms. The minimum absolute atomic E-state index is 0.186. The summed E-state index contributed by atoms with van der Waals surface area (Å²) < 4.78 is 7.21. The molecule has 1 unspecified atom stereocenters. The number of rotatable bonds is 2. The zero-order valence-corrected chi connectivity index (χ0v) is 13.2. The van der Waals surface area contributed by atoms with Crippen molar-refractivity contribution in [3.63, 3.8) is 0 Å². The van der Waals surface area contributed by atoms with Crippen molar-refractivity contribution >= 4 is 15.9 Å². The van der Waals surface area contributed by atoms with Crippen LogP contribution in [0.2, 0.25) is 0 Å². The number of ether oxygens (including phenoxy) is 1. The second-order valence-corrected chi connectivity index (χ2v) is 6.82. The fraction of sp³-hybridized carbons (Fsp3) is 0.667. The van der Waals surface area contributed by atoms with E-state index in [0.29, 0.717) is 11.8 Å². The molecule has 2 fully saturated rings. The number of methoxy groups -OCH3 is 1. The predicted octanol–water partition coefficient (Wildman–Crippen LogP) is 3.05. The number of aromatic nitrogens is 1. The summed E-state index contributed by atoms with van der Waals surface area (Å²) >= 11 is 3.57. The molecule has 1 aromatic rings. The highest BCUT2D eigenvalue weighted by Gasteiger charge is 2.53.